The molecule has 0 saturated carbocycles. The van der Waals surface area contributed by atoms with E-state index in [1.807, 2.05) is 0 Å². The number of imide groups is 1. The summed E-state index contributed by atoms with van der Waals surface area (Å²) in [5.41, 5.74) is 1.71. The third-order valence-electron chi connectivity index (χ3n) is 4.62. The van der Waals surface area contributed by atoms with Gasteiger partial charge in [0.1, 0.15) is 12.1 Å². The Morgan fingerprint density at radius 2 is 2.16 bits per heavy atom. The van der Waals surface area contributed by atoms with Crippen LogP contribution in [0, 0.1) is 0 Å². The van der Waals surface area contributed by atoms with Gasteiger partial charge in [-0.15, -0.1) is 0 Å². The van der Waals surface area contributed by atoms with Crippen molar-refractivity contribution in [2.45, 2.75) is 44.8 Å². The van der Waals surface area contributed by atoms with Gasteiger partial charge < -0.3 is 15.3 Å². The zero-order valence-corrected chi connectivity index (χ0v) is 13.7. The highest BCUT2D eigenvalue weighted by Crippen LogP contribution is 2.32. The molecule has 2 aliphatic heterocycles. The molecule has 8 heteroatoms. The Hall–Kier alpha value is -2.90. The van der Waals surface area contributed by atoms with E-state index in [2.05, 4.69) is 10.6 Å². The van der Waals surface area contributed by atoms with E-state index in [9.17, 15) is 24.3 Å². The van der Waals surface area contributed by atoms with Crippen LogP contribution < -0.4 is 10.6 Å². The van der Waals surface area contributed by atoms with E-state index in [0.717, 1.165) is 0 Å². The summed E-state index contributed by atoms with van der Waals surface area (Å²) in [4.78, 5) is 48.8. The first-order valence-corrected chi connectivity index (χ1v) is 8.18. The largest absolute Gasteiger partial charge is 0.480 e. The molecule has 3 rings (SSSR count). The number of benzene rings is 1. The van der Waals surface area contributed by atoms with E-state index < -0.39 is 24.0 Å². The summed E-state index contributed by atoms with van der Waals surface area (Å²) in [6, 6.07) is 3.63. The summed E-state index contributed by atoms with van der Waals surface area (Å²) in [5.74, 6) is -2.05. The number of carbonyl (C=O) groups is 4. The highest BCUT2D eigenvalue weighted by atomic mass is 16.4. The fourth-order valence-corrected chi connectivity index (χ4v) is 3.25. The Balaban J connectivity index is 1.86. The van der Waals surface area contributed by atoms with Gasteiger partial charge in [0.2, 0.25) is 11.8 Å². The zero-order valence-electron chi connectivity index (χ0n) is 13.7. The Morgan fingerprint density at radius 1 is 1.40 bits per heavy atom. The number of carbonyl (C=O) groups excluding carboxylic acids is 3. The first kappa shape index (κ1) is 16.9. The monoisotopic (exact) mass is 345 g/mol. The quantitative estimate of drug-likeness (QED) is 0.677. The average Bonchev–Trinajstić information content (AvgIpc) is 2.90. The van der Waals surface area contributed by atoms with Gasteiger partial charge in [0.05, 0.1) is 0 Å². The summed E-state index contributed by atoms with van der Waals surface area (Å²) < 4.78 is 0. The predicted octanol–water partition coefficient (Wildman–Crippen LogP) is 0.723. The third kappa shape index (κ3) is 3.07. The number of hydrogen-bond donors (Lipinski definition) is 3. The first-order valence-electron chi connectivity index (χ1n) is 8.18. The van der Waals surface area contributed by atoms with Crippen LogP contribution in [0.5, 0.6) is 0 Å². The number of fused-ring (bicyclic) bond motifs is 1. The van der Waals surface area contributed by atoms with Crippen molar-refractivity contribution in [2.75, 3.05) is 5.32 Å². The molecule has 2 heterocycles. The number of aliphatic carboxylic acids is 1. The molecule has 0 radical (unpaired) electrons. The Bertz CT molecular complexity index is 761. The van der Waals surface area contributed by atoms with Gasteiger partial charge in [-0.05, 0) is 25.0 Å². The molecule has 1 aromatic rings. The van der Waals surface area contributed by atoms with Gasteiger partial charge >= 0.3 is 5.97 Å². The SMILES string of the molecule is CCC(Nc1cccc2c1CN(C1CCC(=O)NC1=O)C2=O)C(=O)O. The maximum atomic E-state index is 12.7. The molecule has 25 heavy (non-hydrogen) atoms. The van der Waals surface area contributed by atoms with Crippen LogP contribution in [0.25, 0.3) is 0 Å². The minimum atomic E-state index is -0.966. The lowest BCUT2D eigenvalue weighted by atomic mass is 10.0. The van der Waals surface area contributed by atoms with Gasteiger partial charge in [-0.3, -0.25) is 19.7 Å². The van der Waals surface area contributed by atoms with Crippen LogP contribution in [-0.4, -0.2) is 45.8 Å². The second-order valence-corrected chi connectivity index (χ2v) is 6.18. The number of carboxylic acid groups (broad SMARTS) is 1. The van der Waals surface area contributed by atoms with Gasteiger partial charge in [0.25, 0.3) is 5.91 Å². The number of hydrogen-bond acceptors (Lipinski definition) is 5. The molecule has 0 aromatic heterocycles. The molecule has 3 N–H and O–H groups in total. The standard InChI is InChI=1S/C17H19N3O5/c1-2-11(17(24)25)18-12-5-3-4-9-10(12)8-20(16(9)23)13-6-7-14(21)19-15(13)22/h3-5,11,13,18H,2,6-8H2,1H3,(H,24,25)(H,19,21,22). The molecule has 0 spiro atoms. The van der Waals surface area contributed by atoms with Crippen LogP contribution in [0.1, 0.15) is 42.1 Å². The van der Waals surface area contributed by atoms with Crippen molar-refractivity contribution in [1.82, 2.24) is 10.2 Å². The molecule has 132 valence electrons. The van der Waals surface area contributed by atoms with Gasteiger partial charge in [0, 0.05) is 29.8 Å². The summed E-state index contributed by atoms with van der Waals surface area (Å²) in [6.07, 6.45) is 0.877. The molecule has 1 fully saturated rings. The molecule has 2 unspecified atom stereocenters. The lowest BCUT2D eigenvalue weighted by Crippen LogP contribution is -2.52. The van der Waals surface area contributed by atoms with Crippen molar-refractivity contribution in [2.24, 2.45) is 0 Å². The number of carboxylic acids is 1. The number of amides is 3. The average molecular weight is 345 g/mol. The van der Waals surface area contributed by atoms with E-state index in [1.165, 1.54) is 4.90 Å². The van der Waals surface area contributed by atoms with Crippen molar-refractivity contribution in [1.29, 1.82) is 0 Å². The molecular formula is C17H19N3O5. The van der Waals surface area contributed by atoms with E-state index in [0.29, 0.717) is 29.7 Å². The molecule has 0 aliphatic carbocycles. The second kappa shape index (κ2) is 6.54. The number of nitrogens with zero attached hydrogens (tertiary/aromatic N) is 1. The predicted molar refractivity (Wildman–Crippen MR) is 87.8 cm³/mol. The van der Waals surface area contributed by atoms with E-state index >= 15 is 0 Å². The van der Waals surface area contributed by atoms with Gasteiger partial charge in [0.15, 0.2) is 0 Å². The smallest absolute Gasteiger partial charge is 0.326 e. The van der Waals surface area contributed by atoms with Crippen molar-refractivity contribution in [3.05, 3.63) is 29.3 Å². The minimum Gasteiger partial charge on any atom is -0.480 e. The van der Waals surface area contributed by atoms with Crippen molar-refractivity contribution in [3.8, 4) is 0 Å². The van der Waals surface area contributed by atoms with Gasteiger partial charge in [-0.1, -0.05) is 13.0 Å². The second-order valence-electron chi connectivity index (χ2n) is 6.18. The normalized spacial score (nSPS) is 20.9. The topological polar surface area (TPSA) is 116 Å². The van der Waals surface area contributed by atoms with Crippen LogP contribution in [0.2, 0.25) is 0 Å². The van der Waals surface area contributed by atoms with E-state index in [-0.39, 0.29) is 24.8 Å². The Morgan fingerprint density at radius 3 is 2.80 bits per heavy atom. The molecular weight excluding hydrogens is 326 g/mol. The van der Waals surface area contributed by atoms with Crippen molar-refractivity contribution >= 4 is 29.4 Å². The molecule has 3 amide bonds. The fourth-order valence-electron chi connectivity index (χ4n) is 3.25. The van der Waals surface area contributed by atoms with Crippen LogP contribution in [-0.2, 0) is 20.9 Å². The summed E-state index contributed by atoms with van der Waals surface area (Å²) >= 11 is 0. The molecule has 8 nitrogen and oxygen atoms in total. The highest BCUT2D eigenvalue weighted by molar-refractivity contribution is 6.06. The zero-order chi connectivity index (χ0) is 18.1. The minimum absolute atomic E-state index is 0.193. The fraction of sp³-hybridized carbons (Fsp3) is 0.412. The summed E-state index contributed by atoms with van der Waals surface area (Å²) in [7, 11) is 0. The number of rotatable bonds is 5. The molecule has 2 atom stereocenters. The first-order chi connectivity index (χ1) is 11.9. The maximum Gasteiger partial charge on any atom is 0.326 e. The van der Waals surface area contributed by atoms with Crippen molar-refractivity contribution in [3.63, 3.8) is 0 Å². The number of piperidine rings is 1. The summed E-state index contributed by atoms with van der Waals surface area (Å²) in [6.45, 7) is 1.97. The maximum absolute atomic E-state index is 12.7. The lowest BCUT2D eigenvalue weighted by Gasteiger charge is -2.29. The third-order valence-corrected chi connectivity index (χ3v) is 4.62. The number of nitrogens with one attached hydrogen (secondary N) is 2. The van der Waals surface area contributed by atoms with Crippen LogP contribution >= 0.6 is 0 Å². The lowest BCUT2D eigenvalue weighted by molar-refractivity contribution is -0.138. The molecule has 1 aromatic carbocycles. The summed E-state index contributed by atoms with van der Waals surface area (Å²) in [5, 5.41) is 14.4. The van der Waals surface area contributed by atoms with Gasteiger partial charge in [-0.25, -0.2) is 4.79 Å². The molecule has 2 aliphatic rings. The molecule has 0 bridgehead atoms. The van der Waals surface area contributed by atoms with Gasteiger partial charge in [-0.2, -0.15) is 0 Å². The van der Waals surface area contributed by atoms with Crippen molar-refractivity contribution < 1.29 is 24.3 Å². The van der Waals surface area contributed by atoms with E-state index in [4.69, 9.17) is 0 Å². The van der Waals surface area contributed by atoms with Crippen LogP contribution in [0.15, 0.2) is 18.2 Å². The van der Waals surface area contributed by atoms with Crippen LogP contribution in [0.4, 0.5) is 5.69 Å². The van der Waals surface area contributed by atoms with Crippen LogP contribution in [0.3, 0.4) is 0 Å². The molecule has 1 saturated heterocycles. The highest BCUT2D eigenvalue weighted by Gasteiger charge is 2.40. The van der Waals surface area contributed by atoms with E-state index in [1.54, 1.807) is 25.1 Å². The Labute approximate surface area is 144 Å². The number of anilines is 1. The Kier molecular flexibility index (Phi) is 4.43.